The Labute approximate surface area is 124 Å². The molecular weight excluding hydrogens is 296 g/mol. The van der Waals surface area contributed by atoms with Crippen molar-refractivity contribution >= 4 is 21.4 Å². The van der Waals surface area contributed by atoms with Gasteiger partial charge in [-0.25, -0.2) is 8.42 Å². The fourth-order valence-electron chi connectivity index (χ4n) is 2.67. The number of sulfonamides is 1. The van der Waals surface area contributed by atoms with Crippen LogP contribution in [0.25, 0.3) is 0 Å². The van der Waals surface area contributed by atoms with Crippen LogP contribution in [0.3, 0.4) is 0 Å². The van der Waals surface area contributed by atoms with Gasteiger partial charge in [-0.15, -0.1) is 11.3 Å². The Bertz CT molecular complexity index is 542. The van der Waals surface area contributed by atoms with E-state index in [0.717, 1.165) is 25.9 Å². The first-order valence-corrected chi connectivity index (χ1v) is 9.20. The second-order valence-corrected chi connectivity index (χ2v) is 8.02. The van der Waals surface area contributed by atoms with Gasteiger partial charge in [-0.3, -0.25) is 0 Å². The van der Waals surface area contributed by atoms with Gasteiger partial charge < -0.3 is 10.0 Å². The van der Waals surface area contributed by atoms with Gasteiger partial charge in [0.15, 0.2) is 0 Å². The quantitative estimate of drug-likeness (QED) is 0.910. The van der Waals surface area contributed by atoms with Crippen LogP contribution in [0.1, 0.15) is 24.6 Å². The summed E-state index contributed by atoms with van der Waals surface area (Å²) in [4.78, 5) is 2.98. The Hall–Kier alpha value is -0.470. The number of hydrogen-bond donors (Lipinski definition) is 1. The summed E-state index contributed by atoms with van der Waals surface area (Å²) in [6.07, 6.45) is 1.63. The number of rotatable bonds is 4. The fraction of sp³-hybridized carbons (Fsp3) is 0.692. The van der Waals surface area contributed by atoms with E-state index in [1.807, 2.05) is 14.0 Å². The van der Waals surface area contributed by atoms with Crippen molar-refractivity contribution in [2.45, 2.75) is 37.3 Å². The molecule has 0 aromatic carbocycles. The van der Waals surface area contributed by atoms with Crippen LogP contribution >= 0.6 is 11.3 Å². The maximum absolute atomic E-state index is 12.9. The van der Waals surface area contributed by atoms with E-state index in [2.05, 4.69) is 4.90 Å². The van der Waals surface area contributed by atoms with Crippen LogP contribution in [0, 0.1) is 0 Å². The molecule has 1 aliphatic heterocycles. The first-order valence-electron chi connectivity index (χ1n) is 6.88. The minimum atomic E-state index is -3.51. The van der Waals surface area contributed by atoms with Crippen LogP contribution < -0.4 is 0 Å². The predicted octanol–water partition coefficient (Wildman–Crippen LogP) is 1.35. The third-order valence-electron chi connectivity index (χ3n) is 3.75. The molecule has 0 radical (unpaired) electrons. The van der Waals surface area contributed by atoms with Crippen LogP contribution in [-0.2, 0) is 16.6 Å². The molecule has 7 heteroatoms. The van der Waals surface area contributed by atoms with Crippen LogP contribution in [0.15, 0.2) is 16.3 Å². The highest BCUT2D eigenvalue weighted by atomic mass is 32.2. The Morgan fingerprint density at radius 2 is 2.20 bits per heavy atom. The maximum Gasteiger partial charge on any atom is 0.244 e. The van der Waals surface area contributed by atoms with E-state index < -0.39 is 10.0 Å². The average Bonchev–Trinajstić information content (AvgIpc) is 2.82. The molecule has 1 aliphatic rings. The summed E-state index contributed by atoms with van der Waals surface area (Å²) in [6.45, 7) is 4.02. The standard InChI is InChI=1S/C13H22N2O3S2/c1-3-11-9-14(2)6-4-7-15(11)20(17,18)13-5-8-19-12(13)10-16/h5,8,11,16H,3-4,6-7,9-10H2,1-2H3. The minimum Gasteiger partial charge on any atom is -0.391 e. The van der Waals surface area contributed by atoms with Crippen molar-refractivity contribution < 1.29 is 13.5 Å². The molecule has 2 rings (SSSR count). The lowest BCUT2D eigenvalue weighted by Crippen LogP contribution is -2.43. The van der Waals surface area contributed by atoms with Gasteiger partial charge in [0.05, 0.1) is 11.5 Å². The SMILES string of the molecule is CCC1CN(C)CCCN1S(=O)(=O)c1ccsc1CO. The zero-order valence-electron chi connectivity index (χ0n) is 11.9. The lowest BCUT2D eigenvalue weighted by molar-refractivity contribution is 0.268. The molecule has 1 aromatic rings. The van der Waals surface area contributed by atoms with Crippen molar-refractivity contribution in [3.8, 4) is 0 Å². The van der Waals surface area contributed by atoms with Crippen LogP contribution in [-0.4, -0.2) is 55.5 Å². The van der Waals surface area contributed by atoms with Crippen LogP contribution in [0.5, 0.6) is 0 Å². The fourth-order valence-corrected chi connectivity index (χ4v) is 5.67. The molecule has 0 aliphatic carbocycles. The normalized spacial score (nSPS) is 22.9. The first-order chi connectivity index (χ1) is 9.50. The Kier molecular flexibility index (Phi) is 5.19. The van der Waals surface area contributed by atoms with Gasteiger partial charge in [-0.05, 0) is 37.9 Å². The topological polar surface area (TPSA) is 60.9 Å². The van der Waals surface area contributed by atoms with E-state index in [0.29, 0.717) is 11.4 Å². The van der Waals surface area contributed by atoms with Gasteiger partial charge in [-0.2, -0.15) is 4.31 Å². The van der Waals surface area contributed by atoms with E-state index in [9.17, 15) is 13.5 Å². The summed E-state index contributed by atoms with van der Waals surface area (Å²) in [7, 11) is -1.48. The molecule has 0 bridgehead atoms. The molecule has 114 valence electrons. The van der Waals surface area contributed by atoms with Crippen molar-refractivity contribution in [3.63, 3.8) is 0 Å². The van der Waals surface area contributed by atoms with Crippen molar-refractivity contribution in [1.82, 2.24) is 9.21 Å². The summed E-state index contributed by atoms with van der Waals surface area (Å²) < 4.78 is 27.3. The molecule has 2 heterocycles. The number of aliphatic hydroxyl groups is 1. The van der Waals surface area contributed by atoms with Gasteiger partial charge in [0.1, 0.15) is 0 Å². The molecule has 1 atom stereocenters. The third-order valence-corrected chi connectivity index (χ3v) is 6.83. The molecular formula is C13H22N2O3S2. The molecule has 1 aromatic heterocycles. The summed E-state index contributed by atoms with van der Waals surface area (Å²) in [5.74, 6) is 0. The maximum atomic E-state index is 12.9. The molecule has 0 saturated carbocycles. The van der Waals surface area contributed by atoms with E-state index in [1.165, 1.54) is 11.3 Å². The highest BCUT2D eigenvalue weighted by Crippen LogP contribution is 2.28. The number of nitrogens with zero attached hydrogens (tertiary/aromatic N) is 2. The molecule has 1 saturated heterocycles. The predicted molar refractivity (Wildman–Crippen MR) is 80.3 cm³/mol. The summed E-state index contributed by atoms with van der Waals surface area (Å²) in [5.41, 5.74) is 0. The van der Waals surface area contributed by atoms with Crippen molar-refractivity contribution in [2.24, 2.45) is 0 Å². The van der Waals surface area contributed by atoms with Crippen molar-refractivity contribution in [1.29, 1.82) is 0 Å². The number of thiophene rings is 1. The number of hydrogen-bond acceptors (Lipinski definition) is 5. The average molecular weight is 318 g/mol. The van der Waals surface area contributed by atoms with Gasteiger partial charge in [0, 0.05) is 24.0 Å². The van der Waals surface area contributed by atoms with Gasteiger partial charge in [0.25, 0.3) is 0 Å². The number of likely N-dealkylation sites (N-methyl/N-ethyl adjacent to an activating group) is 1. The third kappa shape index (κ3) is 3.07. The minimum absolute atomic E-state index is 0.000979. The zero-order chi connectivity index (χ0) is 14.8. The monoisotopic (exact) mass is 318 g/mol. The van der Waals surface area contributed by atoms with Crippen molar-refractivity contribution in [3.05, 3.63) is 16.3 Å². The summed E-state index contributed by atoms with van der Waals surface area (Å²) in [6, 6.07) is 1.60. The molecule has 5 nitrogen and oxygen atoms in total. The lowest BCUT2D eigenvalue weighted by Gasteiger charge is -2.29. The van der Waals surface area contributed by atoms with Crippen LogP contribution in [0.2, 0.25) is 0 Å². The highest BCUT2D eigenvalue weighted by Gasteiger charge is 2.34. The van der Waals surface area contributed by atoms with Crippen molar-refractivity contribution in [2.75, 3.05) is 26.7 Å². The lowest BCUT2D eigenvalue weighted by atomic mass is 10.2. The zero-order valence-corrected chi connectivity index (χ0v) is 13.6. The molecule has 0 spiro atoms. The Morgan fingerprint density at radius 1 is 1.45 bits per heavy atom. The molecule has 0 amide bonds. The molecule has 1 N–H and O–H groups in total. The van der Waals surface area contributed by atoms with Crippen LogP contribution in [0.4, 0.5) is 0 Å². The highest BCUT2D eigenvalue weighted by molar-refractivity contribution is 7.89. The Balaban J connectivity index is 2.36. The Morgan fingerprint density at radius 3 is 2.85 bits per heavy atom. The van der Waals surface area contributed by atoms with E-state index in [-0.39, 0.29) is 17.5 Å². The molecule has 1 unspecified atom stereocenters. The van der Waals surface area contributed by atoms with Gasteiger partial charge >= 0.3 is 0 Å². The molecule has 20 heavy (non-hydrogen) atoms. The van der Waals surface area contributed by atoms with E-state index >= 15 is 0 Å². The van der Waals surface area contributed by atoms with E-state index in [4.69, 9.17) is 0 Å². The van der Waals surface area contributed by atoms with E-state index in [1.54, 1.807) is 15.8 Å². The smallest absolute Gasteiger partial charge is 0.244 e. The van der Waals surface area contributed by atoms with Gasteiger partial charge in [0.2, 0.25) is 10.0 Å². The second kappa shape index (κ2) is 6.53. The second-order valence-electron chi connectivity index (χ2n) is 5.16. The largest absolute Gasteiger partial charge is 0.391 e. The first kappa shape index (κ1) is 15.9. The number of aliphatic hydroxyl groups excluding tert-OH is 1. The van der Waals surface area contributed by atoms with Gasteiger partial charge in [-0.1, -0.05) is 6.92 Å². The summed E-state index contributed by atoms with van der Waals surface area (Å²) in [5, 5.41) is 11.0. The summed E-state index contributed by atoms with van der Waals surface area (Å²) >= 11 is 1.29. The molecule has 1 fully saturated rings.